The zero-order valence-corrected chi connectivity index (χ0v) is 11.9. The van der Waals surface area contributed by atoms with Crippen LogP contribution in [0.5, 0.6) is 0 Å². The van der Waals surface area contributed by atoms with Crippen LogP contribution in [0.15, 0.2) is 16.5 Å². The van der Waals surface area contributed by atoms with Crippen molar-refractivity contribution < 1.29 is 4.42 Å². The van der Waals surface area contributed by atoms with Gasteiger partial charge in [0.05, 0.1) is 12.3 Å². The minimum atomic E-state index is 0.733. The Bertz CT molecular complexity index is 288. The molecule has 1 atom stereocenters. The van der Waals surface area contributed by atoms with E-state index in [-0.39, 0.29) is 0 Å². The van der Waals surface area contributed by atoms with Gasteiger partial charge in [-0.05, 0) is 37.6 Å². The highest BCUT2D eigenvalue weighted by Crippen LogP contribution is 2.13. The van der Waals surface area contributed by atoms with E-state index in [9.17, 15) is 0 Å². The van der Waals surface area contributed by atoms with Crippen LogP contribution in [-0.2, 0) is 12.3 Å². The van der Waals surface area contributed by atoms with Gasteiger partial charge in [-0.25, -0.2) is 0 Å². The third-order valence-electron chi connectivity index (χ3n) is 2.43. The van der Waals surface area contributed by atoms with Crippen molar-refractivity contribution in [1.29, 1.82) is 0 Å². The second kappa shape index (κ2) is 8.09. The summed E-state index contributed by atoms with van der Waals surface area (Å²) in [6.45, 7) is 4.16. The van der Waals surface area contributed by atoms with Gasteiger partial charge in [-0.3, -0.25) is 0 Å². The Morgan fingerprint density at radius 3 is 2.75 bits per heavy atom. The van der Waals surface area contributed by atoms with Crippen LogP contribution in [0.4, 0.5) is 0 Å². The second-order valence-electron chi connectivity index (χ2n) is 3.81. The monoisotopic (exact) mass is 259 g/mol. The lowest BCUT2D eigenvalue weighted by Crippen LogP contribution is -2.17. The van der Waals surface area contributed by atoms with Crippen LogP contribution in [0, 0.1) is 0 Å². The average molecular weight is 259 g/mol. The number of rotatable bonds is 8. The van der Waals surface area contributed by atoms with Crippen LogP contribution in [0.25, 0.3) is 0 Å². The fourth-order valence-electron chi connectivity index (χ4n) is 1.37. The lowest BCUT2D eigenvalue weighted by Gasteiger charge is -2.07. The van der Waals surface area contributed by atoms with Crippen LogP contribution in [-0.4, -0.2) is 24.3 Å². The molecule has 0 spiro atoms. The fraction of sp³-hybridized carbons (Fsp3) is 0.667. The summed E-state index contributed by atoms with van der Waals surface area (Å²) in [5, 5.41) is 4.14. The van der Waals surface area contributed by atoms with E-state index in [1.54, 1.807) is 11.8 Å². The summed E-state index contributed by atoms with van der Waals surface area (Å²) in [4.78, 5) is 0. The summed E-state index contributed by atoms with van der Waals surface area (Å²) in [6, 6.07) is 4.13. The number of nitrogens with one attached hydrogen (secondary N) is 1. The Labute approximate surface area is 107 Å². The first kappa shape index (κ1) is 14.0. The third kappa shape index (κ3) is 5.32. The fourth-order valence-corrected chi connectivity index (χ4v) is 2.17. The summed E-state index contributed by atoms with van der Waals surface area (Å²) < 4.78 is 5.67. The Balaban J connectivity index is 2.16. The lowest BCUT2D eigenvalue weighted by atomic mass is 10.3. The summed E-state index contributed by atoms with van der Waals surface area (Å²) in [5.74, 6) is 3.08. The molecule has 0 bridgehead atoms. The molecule has 0 aromatic carbocycles. The molecule has 1 unspecified atom stereocenters. The van der Waals surface area contributed by atoms with Crippen molar-refractivity contribution in [2.45, 2.75) is 30.9 Å². The van der Waals surface area contributed by atoms with Gasteiger partial charge >= 0.3 is 0 Å². The smallest absolute Gasteiger partial charge is 0.117 e. The van der Waals surface area contributed by atoms with Gasteiger partial charge in [0.1, 0.15) is 11.5 Å². The van der Waals surface area contributed by atoms with E-state index in [0.29, 0.717) is 0 Å². The molecule has 1 N–H and O–H groups in total. The standard InChI is InChI=1S/C12H21NOS2/c1-10(16-3)6-7-13-8-11-4-5-12(14-11)9-15-2/h4-5,10,13H,6-9H2,1-3H3. The van der Waals surface area contributed by atoms with Gasteiger partial charge in [-0.1, -0.05) is 6.92 Å². The van der Waals surface area contributed by atoms with Gasteiger partial charge in [0.2, 0.25) is 0 Å². The molecule has 0 aliphatic heterocycles. The van der Waals surface area contributed by atoms with Crippen molar-refractivity contribution in [2.24, 2.45) is 0 Å². The highest BCUT2D eigenvalue weighted by atomic mass is 32.2. The molecule has 0 fully saturated rings. The van der Waals surface area contributed by atoms with Crippen LogP contribution in [0.1, 0.15) is 24.9 Å². The zero-order valence-electron chi connectivity index (χ0n) is 10.3. The predicted molar refractivity (Wildman–Crippen MR) is 75.2 cm³/mol. The second-order valence-corrected chi connectivity index (χ2v) is 5.95. The van der Waals surface area contributed by atoms with Gasteiger partial charge < -0.3 is 9.73 Å². The van der Waals surface area contributed by atoms with E-state index in [1.165, 1.54) is 6.42 Å². The molecular weight excluding hydrogens is 238 g/mol. The molecule has 1 heterocycles. The largest absolute Gasteiger partial charge is 0.464 e. The maximum atomic E-state index is 5.67. The van der Waals surface area contributed by atoms with Gasteiger partial charge in [-0.15, -0.1) is 0 Å². The molecule has 1 rings (SSSR count). The SMILES string of the molecule is CSCc1ccc(CNCCC(C)SC)o1. The van der Waals surface area contributed by atoms with Crippen LogP contribution in [0.2, 0.25) is 0 Å². The van der Waals surface area contributed by atoms with E-state index >= 15 is 0 Å². The van der Waals surface area contributed by atoms with E-state index < -0.39 is 0 Å². The first-order valence-electron chi connectivity index (χ1n) is 5.56. The molecular formula is C12H21NOS2. The first-order valence-corrected chi connectivity index (χ1v) is 8.24. The summed E-state index contributed by atoms with van der Waals surface area (Å²) in [7, 11) is 0. The molecule has 92 valence electrons. The summed E-state index contributed by atoms with van der Waals surface area (Å²) >= 11 is 3.70. The highest BCUT2D eigenvalue weighted by Gasteiger charge is 2.02. The van der Waals surface area contributed by atoms with Crippen molar-refractivity contribution in [3.8, 4) is 0 Å². The molecule has 2 nitrogen and oxygen atoms in total. The van der Waals surface area contributed by atoms with Crippen molar-refractivity contribution >= 4 is 23.5 Å². The maximum absolute atomic E-state index is 5.67. The quantitative estimate of drug-likeness (QED) is 0.724. The summed E-state index contributed by atoms with van der Waals surface area (Å²) in [5.41, 5.74) is 0. The molecule has 0 aliphatic rings. The minimum Gasteiger partial charge on any atom is -0.464 e. The molecule has 1 aromatic rings. The average Bonchev–Trinajstić information content (AvgIpc) is 2.72. The van der Waals surface area contributed by atoms with Crippen molar-refractivity contribution in [1.82, 2.24) is 5.32 Å². The van der Waals surface area contributed by atoms with Crippen LogP contribution < -0.4 is 5.32 Å². The first-order chi connectivity index (χ1) is 7.76. The molecule has 1 aromatic heterocycles. The topological polar surface area (TPSA) is 25.2 Å². The molecule has 0 saturated heterocycles. The van der Waals surface area contributed by atoms with Crippen molar-refractivity contribution in [3.05, 3.63) is 23.7 Å². The number of hydrogen-bond donors (Lipinski definition) is 1. The minimum absolute atomic E-state index is 0.733. The molecule has 0 aliphatic carbocycles. The van der Waals surface area contributed by atoms with Crippen LogP contribution >= 0.6 is 23.5 Å². The van der Waals surface area contributed by atoms with Gasteiger partial charge in [0, 0.05) is 5.25 Å². The van der Waals surface area contributed by atoms with Crippen molar-refractivity contribution in [2.75, 3.05) is 19.1 Å². The lowest BCUT2D eigenvalue weighted by molar-refractivity contribution is 0.458. The van der Waals surface area contributed by atoms with Gasteiger partial charge in [0.15, 0.2) is 0 Å². The Morgan fingerprint density at radius 2 is 2.06 bits per heavy atom. The van der Waals surface area contributed by atoms with E-state index in [0.717, 1.165) is 35.6 Å². The maximum Gasteiger partial charge on any atom is 0.117 e. The highest BCUT2D eigenvalue weighted by molar-refractivity contribution is 7.99. The predicted octanol–water partition coefficient (Wildman–Crippen LogP) is 3.37. The Morgan fingerprint density at radius 1 is 1.31 bits per heavy atom. The van der Waals surface area contributed by atoms with E-state index in [4.69, 9.17) is 4.42 Å². The van der Waals surface area contributed by atoms with Crippen molar-refractivity contribution in [3.63, 3.8) is 0 Å². The van der Waals surface area contributed by atoms with E-state index in [2.05, 4.69) is 36.9 Å². The molecule has 0 amide bonds. The molecule has 0 radical (unpaired) electrons. The third-order valence-corrected chi connectivity index (χ3v) is 4.05. The number of furan rings is 1. The Hall–Kier alpha value is -0.0600. The molecule has 0 saturated carbocycles. The summed E-state index contributed by atoms with van der Waals surface area (Å²) in [6.07, 6.45) is 5.45. The molecule has 4 heteroatoms. The number of thioether (sulfide) groups is 2. The zero-order chi connectivity index (χ0) is 11.8. The van der Waals surface area contributed by atoms with Crippen LogP contribution in [0.3, 0.4) is 0 Å². The van der Waals surface area contributed by atoms with E-state index in [1.807, 2.05) is 11.8 Å². The van der Waals surface area contributed by atoms with Gasteiger partial charge in [0.25, 0.3) is 0 Å². The normalized spacial score (nSPS) is 12.9. The molecule has 16 heavy (non-hydrogen) atoms. The van der Waals surface area contributed by atoms with Gasteiger partial charge in [-0.2, -0.15) is 23.5 Å². The number of hydrogen-bond acceptors (Lipinski definition) is 4. The Kier molecular flexibility index (Phi) is 7.08.